The molecule has 2 rings (SSSR count). The zero-order chi connectivity index (χ0) is 11.5. The van der Waals surface area contributed by atoms with Crippen LogP contribution in [0.3, 0.4) is 0 Å². The molecular formula is C12H14FN3. The molecule has 0 aliphatic carbocycles. The Balaban J connectivity index is 2.08. The summed E-state index contributed by atoms with van der Waals surface area (Å²) < 4.78 is 13.2. The summed E-state index contributed by atoms with van der Waals surface area (Å²) in [6, 6.07) is 6.98. The van der Waals surface area contributed by atoms with Crippen LogP contribution in [-0.2, 0) is 6.54 Å². The van der Waals surface area contributed by atoms with Crippen molar-refractivity contribution in [1.82, 2.24) is 10.2 Å². The molecule has 0 amide bonds. The minimum atomic E-state index is -0.339. The second kappa shape index (κ2) is 4.60. The topological polar surface area (TPSA) is 39.1 Å². The van der Waals surface area contributed by atoms with Crippen molar-refractivity contribution in [1.29, 1.82) is 5.26 Å². The molecular weight excluding hydrogens is 205 g/mol. The first kappa shape index (κ1) is 11.1. The zero-order valence-electron chi connectivity index (χ0n) is 9.20. The zero-order valence-corrected chi connectivity index (χ0v) is 9.20. The first-order chi connectivity index (χ1) is 7.69. The average molecular weight is 219 g/mol. The molecule has 0 radical (unpaired) electrons. The number of halogens is 1. The number of rotatable bonds is 3. The summed E-state index contributed by atoms with van der Waals surface area (Å²) in [6.07, 6.45) is 0. The Morgan fingerprint density at radius 3 is 2.81 bits per heavy atom. The van der Waals surface area contributed by atoms with E-state index in [1.54, 1.807) is 6.07 Å². The highest BCUT2D eigenvalue weighted by Crippen LogP contribution is 2.13. The Morgan fingerprint density at radius 2 is 2.25 bits per heavy atom. The molecule has 1 aromatic carbocycles. The Morgan fingerprint density at radius 1 is 1.50 bits per heavy atom. The molecule has 1 fully saturated rings. The lowest BCUT2D eigenvalue weighted by Gasteiger charge is -2.35. The third-order valence-corrected chi connectivity index (χ3v) is 2.90. The van der Waals surface area contributed by atoms with E-state index in [2.05, 4.69) is 10.2 Å². The second-order valence-electron chi connectivity index (χ2n) is 4.19. The quantitative estimate of drug-likeness (QED) is 0.827. The number of nitrogens with one attached hydrogen (secondary N) is 1. The van der Waals surface area contributed by atoms with Crippen molar-refractivity contribution in [2.45, 2.75) is 12.6 Å². The van der Waals surface area contributed by atoms with E-state index in [0.29, 0.717) is 18.2 Å². The second-order valence-corrected chi connectivity index (χ2v) is 4.19. The van der Waals surface area contributed by atoms with Crippen LogP contribution in [0.5, 0.6) is 0 Å². The summed E-state index contributed by atoms with van der Waals surface area (Å²) in [5, 5.41) is 11.9. The van der Waals surface area contributed by atoms with E-state index >= 15 is 0 Å². The van der Waals surface area contributed by atoms with Gasteiger partial charge in [-0.05, 0) is 30.8 Å². The highest BCUT2D eigenvalue weighted by molar-refractivity contribution is 5.33. The lowest BCUT2D eigenvalue weighted by molar-refractivity contribution is 0.173. The molecule has 1 aliphatic heterocycles. The highest BCUT2D eigenvalue weighted by Gasteiger charge is 2.21. The molecule has 0 saturated carbocycles. The van der Waals surface area contributed by atoms with Crippen molar-refractivity contribution in [3.8, 4) is 6.07 Å². The molecule has 84 valence electrons. The monoisotopic (exact) mass is 219 g/mol. The summed E-state index contributed by atoms with van der Waals surface area (Å²) in [5.74, 6) is -0.339. The van der Waals surface area contributed by atoms with Crippen LogP contribution in [0.1, 0.15) is 11.1 Å². The molecule has 0 unspecified atom stereocenters. The number of nitriles is 1. The van der Waals surface area contributed by atoms with Gasteiger partial charge in [0.05, 0.1) is 11.6 Å². The van der Waals surface area contributed by atoms with Gasteiger partial charge in [-0.1, -0.05) is 0 Å². The number of nitrogens with zero attached hydrogens (tertiary/aromatic N) is 2. The van der Waals surface area contributed by atoms with Gasteiger partial charge in [0.2, 0.25) is 0 Å². The van der Waals surface area contributed by atoms with Gasteiger partial charge >= 0.3 is 0 Å². The van der Waals surface area contributed by atoms with Crippen LogP contribution in [0.2, 0.25) is 0 Å². The SMILES string of the molecule is CN(Cc1cc(F)cc(C#N)c1)C1CNC1. The standard InChI is InChI=1S/C12H14FN3/c1-16(12-6-15-7-12)8-10-2-9(5-14)3-11(13)4-10/h2-4,12,15H,6-8H2,1H3. The van der Waals surface area contributed by atoms with Crippen LogP contribution >= 0.6 is 0 Å². The molecule has 1 saturated heterocycles. The third-order valence-electron chi connectivity index (χ3n) is 2.90. The highest BCUT2D eigenvalue weighted by atomic mass is 19.1. The number of hydrogen-bond acceptors (Lipinski definition) is 3. The minimum Gasteiger partial charge on any atom is -0.314 e. The summed E-state index contributed by atoms with van der Waals surface area (Å²) in [6.45, 7) is 2.65. The predicted octanol–water partition coefficient (Wildman–Crippen LogP) is 1.10. The van der Waals surface area contributed by atoms with Gasteiger partial charge in [0.1, 0.15) is 5.82 Å². The molecule has 3 nitrogen and oxygen atoms in total. The van der Waals surface area contributed by atoms with Gasteiger partial charge in [0.15, 0.2) is 0 Å². The lowest BCUT2D eigenvalue weighted by Crippen LogP contribution is -2.55. The van der Waals surface area contributed by atoms with Crippen molar-refractivity contribution in [2.75, 3.05) is 20.1 Å². The van der Waals surface area contributed by atoms with Crippen molar-refractivity contribution in [3.05, 3.63) is 35.1 Å². The van der Waals surface area contributed by atoms with Gasteiger partial charge in [-0.3, -0.25) is 4.90 Å². The Bertz CT molecular complexity index is 421. The number of benzene rings is 1. The normalized spacial score (nSPS) is 15.9. The first-order valence-electron chi connectivity index (χ1n) is 5.29. The molecule has 4 heteroatoms. The van der Waals surface area contributed by atoms with E-state index in [4.69, 9.17) is 5.26 Å². The van der Waals surface area contributed by atoms with Gasteiger partial charge < -0.3 is 5.32 Å². The fourth-order valence-corrected chi connectivity index (χ4v) is 1.81. The van der Waals surface area contributed by atoms with Gasteiger partial charge in [0.25, 0.3) is 0 Å². The summed E-state index contributed by atoms with van der Waals surface area (Å²) in [7, 11) is 2.02. The summed E-state index contributed by atoms with van der Waals surface area (Å²) in [5.41, 5.74) is 1.24. The van der Waals surface area contributed by atoms with E-state index in [-0.39, 0.29) is 5.82 Å². The minimum absolute atomic E-state index is 0.339. The van der Waals surface area contributed by atoms with Gasteiger partial charge in [-0.25, -0.2) is 4.39 Å². The van der Waals surface area contributed by atoms with Crippen LogP contribution < -0.4 is 5.32 Å². The van der Waals surface area contributed by atoms with Gasteiger partial charge in [0, 0.05) is 25.7 Å². The predicted molar refractivity (Wildman–Crippen MR) is 59.2 cm³/mol. The van der Waals surface area contributed by atoms with E-state index in [1.807, 2.05) is 13.1 Å². The molecule has 1 aliphatic rings. The van der Waals surface area contributed by atoms with Crippen molar-refractivity contribution in [2.24, 2.45) is 0 Å². The smallest absolute Gasteiger partial charge is 0.124 e. The Kier molecular flexibility index (Phi) is 3.18. The maximum atomic E-state index is 13.2. The molecule has 1 heterocycles. The van der Waals surface area contributed by atoms with E-state index < -0.39 is 0 Å². The fourth-order valence-electron chi connectivity index (χ4n) is 1.81. The van der Waals surface area contributed by atoms with Crippen LogP contribution in [-0.4, -0.2) is 31.1 Å². The lowest BCUT2D eigenvalue weighted by atomic mass is 10.1. The molecule has 1 aromatic rings. The Hall–Kier alpha value is -1.44. The van der Waals surface area contributed by atoms with Crippen molar-refractivity contribution < 1.29 is 4.39 Å². The molecule has 16 heavy (non-hydrogen) atoms. The van der Waals surface area contributed by atoms with Gasteiger partial charge in [-0.2, -0.15) is 5.26 Å². The largest absolute Gasteiger partial charge is 0.314 e. The molecule has 0 atom stereocenters. The summed E-state index contributed by atoms with van der Waals surface area (Å²) in [4.78, 5) is 2.17. The van der Waals surface area contributed by atoms with E-state index in [1.165, 1.54) is 12.1 Å². The third kappa shape index (κ3) is 2.38. The molecule has 0 bridgehead atoms. The van der Waals surface area contributed by atoms with Crippen LogP contribution in [0.15, 0.2) is 18.2 Å². The van der Waals surface area contributed by atoms with Crippen molar-refractivity contribution in [3.63, 3.8) is 0 Å². The molecule has 0 aromatic heterocycles. The molecule has 0 spiro atoms. The van der Waals surface area contributed by atoms with Gasteiger partial charge in [-0.15, -0.1) is 0 Å². The van der Waals surface area contributed by atoms with Crippen molar-refractivity contribution >= 4 is 0 Å². The Labute approximate surface area is 94.5 Å². The summed E-state index contributed by atoms with van der Waals surface area (Å²) >= 11 is 0. The fraction of sp³-hybridized carbons (Fsp3) is 0.417. The number of hydrogen-bond donors (Lipinski definition) is 1. The maximum Gasteiger partial charge on any atom is 0.124 e. The van der Waals surface area contributed by atoms with E-state index in [0.717, 1.165) is 18.7 Å². The van der Waals surface area contributed by atoms with E-state index in [9.17, 15) is 4.39 Å². The first-order valence-corrected chi connectivity index (χ1v) is 5.29. The average Bonchev–Trinajstić information content (AvgIpc) is 2.13. The van der Waals surface area contributed by atoms with Crippen LogP contribution in [0, 0.1) is 17.1 Å². The maximum absolute atomic E-state index is 13.2. The van der Waals surface area contributed by atoms with Crippen LogP contribution in [0.25, 0.3) is 0 Å². The van der Waals surface area contributed by atoms with Crippen LogP contribution in [0.4, 0.5) is 4.39 Å². The number of likely N-dealkylation sites (N-methyl/N-ethyl adjacent to an activating group) is 1. The molecule has 1 N–H and O–H groups in total.